The monoisotopic (exact) mass is 292 g/mol. The van der Waals surface area contributed by atoms with Crippen molar-refractivity contribution in [2.24, 2.45) is 0 Å². The number of benzene rings is 2. The van der Waals surface area contributed by atoms with Crippen molar-refractivity contribution in [1.82, 2.24) is 0 Å². The van der Waals surface area contributed by atoms with E-state index < -0.39 is 0 Å². The quantitative estimate of drug-likeness (QED) is 0.811. The largest absolute Gasteiger partial charge is 0.378 e. The molecule has 0 N–H and O–H groups in total. The lowest BCUT2D eigenvalue weighted by Crippen LogP contribution is -2.28. The van der Waals surface area contributed by atoms with Crippen molar-refractivity contribution < 1.29 is 4.79 Å². The van der Waals surface area contributed by atoms with Crippen LogP contribution in [0.15, 0.2) is 54.6 Å². The van der Waals surface area contributed by atoms with E-state index in [1.807, 2.05) is 73.6 Å². The van der Waals surface area contributed by atoms with Crippen LogP contribution in [0, 0.1) is 11.8 Å². The molecule has 0 aromatic heterocycles. The predicted molar refractivity (Wildman–Crippen MR) is 92.1 cm³/mol. The third-order valence-corrected chi connectivity index (χ3v) is 3.30. The van der Waals surface area contributed by atoms with Crippen LogP contribution in [0.2, 0.25) is 0 Å². The lowest BCUT2D eigenvalue weighted by Gasteiger charge is -2.20. The van der Waals surface area contributed by atoms with Crippen molar-refractivity contribution in [2.45, 2.75) is 6.92 Å². The number of hydrogen-bond donors (Lipinski definition) is 0. The summed E-state index contributed by atoms with van der Waals surface area (Å²) in [7, 11) is 3.98. The molecule has 1 amide bonds. The van der Waals surface area contributed by atoms with Crippen molar-refractivity contribution in [2.75, 3.05) is 30.4 Å². The Bertz CT molecular complexity index is 679. The summed E-state index contributed by atoms with van der Waals surface area (Å²) >= 11 is 0. The summed E-state index contributed by atoms with van der Waals surface area (Å²) in [5.41, 5.74) is 2.91. The molecule has 3 nitrogen and oxygen atoms in total. The fraction of sp³-hybridized carbons (Fsp3) is 0.211. The van der Waals surface area contributed by atoms with Gasteiger partial charge in [0.05, 0.1) is 6.54 Å². The van der Waals surface area contributed by atoms with Crippen molar-refractivity contribution in [1.29, 1.82) is 0 Å². The first kappa shape index (κ1) is 15.7. The molecule has 112 valence electrons. The SMILES string of the molecule is CC(=O)N(CC#Cc1ccccc1)c1ccc(N(C)C)cc1. The maximum absolute atomic E-state index is 11.9. The summed E-state index contributed by atoms with van der Waals surface area (Å²) in [5, 5.41) is 0. The maximum atomic E-state index is 11.9. The Morgan fingerprint density at radius 1 is 0.955 bits per heavy atom. The second-order valence-corrected chi connectivity index (χ2v) is 5.18. The average molecular weight is 292 g/mol. The smallest absolute Gasteiger partial charge is 0.224 e. The third-order valence-electron chi connectivity index (χ3n) is 3.30. The van der Waals surface area contributed by atoms with Gasteiger partial charge in [-0.25, -0.2) is 0 Å². The number of carbonyl (C=O) groups is 1. The van der Waals surface area contributed by atoms with Gasteiger partial charge in [-0.15, -0.1) is 0 Å². The molecule has 2 rings (SSSR count). The summed E-state index contributed by atoms with van der Waals surface area (Å²) in [6.07, 6.45) is 0. The molecule has 0 unspecified atom stereocenters. The number of anilines is 2. The van der Waals surface area contributed by atoms with Crippen LogP contribution < -0.4 is 9.80 Å². The molecule has 2 aromatic carbocycles. The second kappa shape index (κ2) is 7.33. The summed E-state index contributed by atoms with van der Waals surface area (Å²) in [4.78, 5) is 15.6. The first-order valence-corrected chi connectivity index (χ1v) is 7.17. The van der Waals surface area contributed by atoms with Crippen LogP contribution in [0.4, 0.5) is 11.4 Å². The minimum Gasteiger partial charge on any atom is -0.378 e. The Labute approximate surface area is 132 Å². The molecule has 0 saturated carbocycles. The van der Waals surface area contributed by atoms with Crippen LogP contribution in [0.1, 0.15) is 12.5 Å². The molecule has 0 fully saturated rings. The predicted octanol–water partition coefficient (Wildman–Crippen LogP) is 3.16. The topological polar surface area (TPSA) is 23.6 Å². The van der Waals surface area contributed by atoms with Gasteiger partial charge in [-0.2, -0.15) is 0 Å². The van der Waals surface area contributed by atoms with Gasteiger partial charge in [-0.1, -0.05) is 30.0 Å². The molecule has 0 saturated heterocycles. The minimum absolute atomic E-state index is 0.0139. The van der Waals surface area contributed by atoms with E-state index in [1.54, 1.807) is 11.8 Å². The van der Waals surface area contributed by atoms with Crippen LogP contribution in [0.25, 0.3) is 0 Å². The molecule has 0 heterocycles. The van der Waals surface area contributed by atoms with Gasteiger partial charge in [-0.05, 0) is 36.4 Å². The van der Waals surface area contributed by atoms with Crippen molar-refractivity contribution in [3.63, 3.8) is 0 Å². The van der Waals surface area contributed by atoms with E-state index in [9.17, 15) is 4.79 Å². The molecular weight excluding hydrogens is 272 g/mol. The number of hydrogen-bond acceptors (Lipinski definition) is 2. The fourth-order valence-electron chi connectivity index (χ4n) is 2.06. The molecule has 22 heavy (non-hydrogen) atoms. The zero-order valence-electron chi connectivity index (χ0n) is 13.2. The fourth-order valence-corrected chi connectivity index (χ4v) is 2.06. The van der Waals surface area contributed by atoms with E-state index in [2.05, 4.69) is 11.8 Å². The number of rotatable bonds is 3. The summed E-state index contributed by atoms with van der Waals surface area (Å²) in [6.45, 7) is 1.94. The average Bonchev–Trinajstić information content (AvgIpc) is 2.52. The lowest BCUT2D eigenvalue weighted by molar-refractivity contribution is -0.116. The Kier molecular flexibility index (Phi) is 5.21. The molecule has 0 aliphatic carbocycles. The van der Waals surface area contributed by atoms with Crippen LogP contribution in [0.5, 0.6) is 0 Å². The molecule has 0 aliphatic rings. The van der Waals surface area contributed by atoms with Gasteiger partial charge in [0.25, 0.3) is 0 Å². The molecule has 2 aromatic rings. The van der Waals surface area contributed by atoms with Crippen LogP contribution in [-0.4, -0.2) is 26.5 Å². The highest BCUT2D eigenvalue weighted by molar-refractivity contribution is 5.92. The van der Waals surface area contributed by atoms with Gasteiger partial charge in [0, 0.05) is 38.0 Å². The first-order chi connectivity index (χ1) is 10.6. The number of amides is 1. The summed E-state index contributed by atoms with van der Waals surface area (Å²) in [5.74, 6) is 6.13. The van der Waals surface area contributed by atoms with Gasteiger partial charge in [0.2, 0.25) is 5.91 Å². The molecule has 0 spiro atoms. The van der Waals surface area contributed by atoms with E-state index in [-0.39, 0.29) is 5.91 Å². The zero-order valence-corrected chi connectivity index (χ0v) is 13.2. The van der Waals surface area contributed by atoms with Crippen molar-refractivity contribution >= 4 is 17.3 Å². The first-order valence-electron chi connectivity index (χ1n) is 7.17. The zero-order chi connectivity index (χ0) is 15.9. The van der Waals surface area contributed by atoms with E-state index in [0.29, 0.717) is 6.54 Å². The summed E-state index contributed by atoms with van der Waals surface area (Å²) < 4.78 is 0. The van der Waals surface area contributed by atoms with Crippen LogP contribution in [-0.2, 0) is 4.79 Å². The highest BCUT2D eigenvalue weighted by Gasteiger charge is 2.09. The molecule has 3 heteroatoms. The molecule has 0 radical (unpaired) electrons. The van der Waals surface area contributed by atoms with E-state index in [1.165, 1.54) is 0 Å². The van der Waals surface area contributed by atoms with Gasteiger partial charge in [-0.3, -0.25) is 4.79 Å². The molecular formula is C19H20N2O. The standard InChI is InChI=1S/C19H20N2O/c1-16(22)21(15-7-10-17-8-5-4-6-9-17)19-13-11-18(12-14-19)20(2)3/h4-6,8-9,11-14H,15H2,1-3H3. The molecule has 0 atom stereocenters. The van der Waals surface area contributed by atoms with Crippen LogP contribution in [0.3, 0.4) is 0 Å². The normalized spacial score (nSPS) is 9.59. The Balaban J connectivity index is 2.14. The van der Waals surface area contributed by atoms with E-state index in [0.717, 1.165) is 16.9 Å². The van der Waals surface area contributed by atoms with Gasteiger partial charge >= 0.3 is 0 Å². The van der Waals surface area contributed by atoms with E-state index >= 15 is 0 Å². The molecule has 0 aliphatic heterocycles. The number of carbonyl (C=O) groups excluding carboxylic acids is 1. The van der Waals surface area contributed by atoms with Crippen molar-refractivity contribution in [3.8, 4) is 11.8 Å². The summed E-state index contributed by atoms with van der Waals surface area (Å²) in [6, 6.07) is 17.7. The minimum atomic E-state index is -0.0139. The highest BCUT2D eigenvalue weighted by Crippen LogP contribution is 2.19. The van der Waals surface area contributed by atoms with Crippen molar-refractivity contribution in [3.05, 3.63) is 60.2 Å². The Morgan fingerprint density at radius 2 is 1.55 bits per heavy atom. The second-order valence-electron chi connectivity index (χ2n) is 5.18. The van der Waals surface area contributed by atoms with Gasteiger partial charge < -0.3 is 9.80 Å². The third kappa shape index (κ3) is 4.13. The maximum Gasteiger partial charge on any atom is 0.224 e. The number of nitrogens with zero attached hydrogens (tertiary/aromatic N) is 2. The van der Waals surface area contributed by atoms with Gasteiger partial charge in [0.1, 0.15) is 0 Å². The lowest BCUT2D eigenvalue weighted by atomic mass is 10.2. The van der Waals surface area contributed by atoms with E-state index in [4.69, 9.17) is 0 Å². The highest BCUT2D eigenvalue weighted by atomic mass is 16.2. The Morgan fingerprint density at radius 3 is 2.09 bits per heavy atom. The Hall–Kier alpha value is -2.73. The molecule has 0 bridgehead atoms. The van der Waals surface area contributed by atoms with Crippen LogP contribution >= 0.6 is 0 Å². The van der Waals surface area contributed by atoms with Gasteiger partial charge in [0.15, 0.2) is 0 Å².